The Morgan fingerprint density at radius 2 is 2.00 bits per heavy atom. The number of hydrogen-bond donors (Lipinski definition) is 0. The highest BCUT2D eigenvalue weighted by Crippen LogP contribution is 2.38. The van der Waals surface area contributed by atoms with Gasteiger partial charge in [-0.15, -0.1) is 0 Å². The number of fused-ring (bicyclic) bond motifs is 1. The van der Waals surface area contributed by atoms with Gasteiger partial charge in [-0.3, -0.25) is 9.79 Å². The van der Waals surface area contributed by atoms with Gasteiger partial charge < -0.3 is 9.47 Å². The summed E-state index contributed by atoms with van der Waals surface area (Å²) in [6, 6.07) is 2.84. The third kappa shape index (κ3) is 3.75. The van der Waals surface area contributed by atoms with Gasteiger partial charge in [-0.2, -0.15) is 13.2 Å². The van der Waals surface area contributed by atoms with Crippen LogP contribution in [-0.4, -0.2) is 33.1 Å². The van der Waals surface area contributed by atoms with Crippen LogP contribution < -0.4 is 0 Å². The van der Waals surface area contributed by atoms with Gasteiger partial charge >= 0.3 is 6.18 Å². The van der Waals surface area contributed by atoms with E-state index < -0.39 is 28.7 Å². The Bertz CT molecular complexity index is 1090. The molecule has 1 amide bonds. The molecule has 2 aliphatic heterocycles. The van der Waals surface area contributed by atoms with Crippen LogP contribution >= 0.6 is 11.6 Å². The van der Waals surface area contributed by atoms with E-state index in [-0.39, 0.29) is 30.0 Å². The summed E-state index contributed by atoms with van der Waals surface area (Å²) in [6.45, 7) is 3.90. The molecule has 0 saturated heterocycles. The SMILES string of the molecule is CC1C=C(F)C=NC1n1cnc2c1CCN(C(=O)c1cccc(C(F)(F)F)c1Cl)[C@@H]2C. The maximum atomic E-state index is 13.4. The number of dihydropyridines is 1. The van der Waals surface area contributed by atoms with Gasteiger partial charge in [-0.25, -0.2) is 9.37 Å². The number of halogens is 5. The van der Waals surface area contributed by atoms with Crippen molar-refractivity contribution in [3.05, 3.63) is 64.0 Å². The Hall–Kier alpha value is -2.68. The van der Waals surface area contributed by atoms with Crippen molar-refractivity contribution >= 4 is 23.7 Å². The van der Waals surface area contributed by atoms with Crippen molar-refractivity contribution in [1.82, 2.24) is 14.5 Å². The summed E-state index contributed by atoms with van der Waals surface area (Å²) < 4.78 is 54.9. The minimum Gasteiger partial charge on any atom is -0.330 e. The van der Waals surface area contributed by atoms with Gasteiger partial charge in [0.25, 0.3) is 5.91 Å². The lowest BCUT2D eigenvalue weighted by Gasteiger charge is -2.34. The second-order valence-electron chi connectivity index (χ2n) is 7.68. The number of benzene rings is 1. The van der Waals surface area contributed by atoms with Gasteiger partial charge in [0, 0.05) is 24.6 Å². The van der Waals surface area contributed by atoms with E-state index in [1.807, 2.05) is 11.5 Å². The predicted molar refractivity (Wildman–Crippen MR) is 108 cm³/mol. The minimum absolute atomic E-state index is 0.179. The summed E-state index contributed by atoms with van der Waals surface area (Å²) in [4.78, 5) is 23.3. The zero-order valence-corrected chi connectivity index (χ0v) is 17.5. The largest absolute Gasteiger partial charge is 0.417 e. The van der Waals surface area contributed by atoms with Gasteiger partial charge in [0.1, 0.15) is 12.0 Å². The number of imidazole rings is 1. The molecular weight excluding hydrogens is 436 g/mol. The summed E-state index contributed by atoms with van der Waals surface area (Å²) in [5.41, 5.74) is 0.271. The quantitative estimate of drug-likeness (QED) is 0.571. The molecule has 0 bridgehead atoms. The fourth-order valence-corrected chi connectivity index (χ4v) is 4.45. The molecule has 0 aliphatic carbocycles. The number of nitrogens with zero attached hydrogens (tertiary/aromatic N) is 4. The molecule has 4 rings (SSSR count). The summed E-state index contributed by atoms with van der Waals surface area (Å²) >= 11 is 5.95. The molecule has 2 aromatic rings. The van der Waals surface area contributed by atoms with Crippen LogP contribution in [0.15, 0.2) is 41.4 Å². The number of amides is 1. The molecule has 0 fully saturated rings. The first-order chi connectivity index (χ1) is 14.6. The van der Waals surface area contributed by atoms with E-state index in [1.54, 1.807) is 13.3 Å². The summed E-state index contributed by atoms with van der Waals surface area (Å²) in [5, 5.41) is -0.609. The number of rotatable bonds is 2. The summed E-state index contributed by atoms with van der Waals surface area (Å²) in [6.07, 6.45) is -0.285. The third-order valence-corrected chi connectivity index (χ3v) is 6.11. The van der Waals surface area contributed by atoms with Crippen molar-refractivity contribution in [2.75, 3.05) is 6.54 Å². The monoisotopic (exact) mass is 454 g/mol. The third-order valence-electron chi connectivity index (χ3n) is 5.70. The number of carbonyl (C=O) groups is 1. The first-order valence-electron chi connectivity index (χ1n) is 9.72. The first kappa shape index (κ1) is 21.5. The molecule has 31 heavy (non-hydrogen) atoms. The molecular formula is C21H19ClF4N4O. The van der Waals surface area contributed by atoms with Crippen molar-refractivity contribution in [2.24, 2.45) is 10.9 Å². The van der Waals surface area contributed by atoms with Crippen molar-refractivity contribution in [1.29, 1.82) is 0 Å². The topological polar surface area (TPSA) is 50.5 Å². The van der Waals surface area contributed by atoms with Gasteiger partial charge in [0.05, 0.1) is 40.4 Å². The van der Waals surface area contributed by atoms with Crippen molar-refractivity contribution < 1.29 is 22.4 Å². The van der Waals surface area contributed by atoms with Crippen LogP contribution in [0.4, 0.5) is 17.6 Å². The standard InChI is InChI=1S/C21H19ClF4N4O/c1-11-8-13(23)9-27-19(11)30-10-28-18-12(2)29(7-6-16(18)30)20(31)14-4-3-5-15(17(14)22)21(24,25)26/h3-5,8-12,19H,6-7H2,1-2H3/t11?,12-,19?/m1/s1. The van der Waals surface area contributed by atoms with E-state index in [2.05, 4.69) is 9.98 Å². The molecule has 0 radical (unpaired) electrons. The van der Waals surface area contributed by atoms with Crippen LogP contribution in [0, 0.1) is 5.92 Å². The Morgan fingerprint density at radius 3 is 2.68 bits per heavy atom. The lowest BCUT2D eigenvalue weighted by molar-refractivity contribution is -0.137. The van der Waals surface area contributed by atoms with E-state index in [1.165, 1.54) is 29.3 Å². The molecule has 164 valence electrons. The Balaban J connectivity index is 1.63. The molecule has 1 aromatic heterocycles. The van der Waals surface area contributed by atoms with Crippen LogP contribution in [-0.2, 0) is 12.6 Å². The van der Waals surface area contributed by atoms with Crippen molar-refractivity contribution in [2.45, 2.75) is 38.7 Å². The number of aromatic nitrogens is 2. The highest BCUT2D eigenvalue weighted by molar-refractivity contribution is 6.34. The van der Waals surface area contributed by atoms with Crippen molar-refractivity contribution in [3.63, 3.8) is 0 Å². The summed E-state index contributed by atoms with van der Waals surface area (Å²) in [7, 11) is 0. The molecule has 0 N–H and O–H groups in total. The van der Waals surface area contributed by atoms with E-state index in [9.17, 15) is 22.4 Å². The number of allylic oxidation sites excluding steroid dienone is 1. The fourth-order valence-electron chi connectivity index (χ4n) is 4.14. The fraction of sp³-hybridized carbons (Fsp3) is 0.381. The van der Waals surface area contributed by atoms with E-state index in [0.29, 0.717) is 12.1 Å². The molecule has 2 unspecified atom stereocenters. The van der Waals surface area contributed by atoms with Gasteiger partial charge in [0.2, 0.25) is 0 Å². The Labute approximate surface area is 181 Å². The average Bonchev–Trinajstić information content (AvgIpc) is 3.12. The zero-order chi connectivity index (χ0) is 22.5. The van der Waals surface area contributed by atoms with E-state index >= 15 is 0 Å². The number of hydrogen-bond acceptors (Lipinski definition) is 3. The van der Waals surface area contributed by atoms with E-state index in [0.717, 1.165) is 11.8 Å². The smallest absolute Gasteiger partial charge is 0.330 e. The van der Waals surface area contributed by atoms with Crippen LogP contribution in [0.3, 0.4) is 0 Å². The highest BCUT2D eigenvalue weighted by Gasteiger charge is 2.38. The Morgan fingerprint density at radius 1 is 1.26 bits per heavy atom. The van der Waals surface area contributed by atoms with Gasteiger partial charge in [-0.1, -0.05) is 24.6 Å². The molecule has 2 aliphatic rings. The molecule has 5 nitrogen and oxygen atoms in total. The van der Waals surface area contributed by atoms with Crippen LogP contribution in [0.2, 0.25) is 5.02 Å². The molecule has 0 spiro atoms. The summed E-state index contributed by atoms with van der Waals surface area (Å²) in [5.74, 6) is -1.15. The first-order valence-corrected chi connectivity index (χ1v) is 10.1. The predicted octanol–water partition coefficient (Wildman–Crippen LogP) is 5.39. The number of aliphatic imine (C=N–C) groups is 1. The van der Waals surface area contributed by atoms with Crippen LogP contribution in [0.5, 0.6) is 0 Å². The van der Waals surface area contributed by atoms with E-state index in [4.69, 9.17) is 11.6 Å². The minimum atomic E-state index is -4.65. The van der Waals surface area contributed by atoms with Crippen molar-refractivity contribution in [3.8, 4) is 0 Å². The van der Waals surface area contributed by atoms with Gasteiger partial charge in [0.15, 0.2) is 0 Å². The average molecular weight is 455 g/mol. The molecule has 3 heterocycles. The second-order valence-corrected chi connectivity index (χ2v) is 8.05. The highest BCUT2D eigenvalue weighted by atomic mass is 35.5. The maximum Gasteiger partial charge on any atom is 0.417 e. The molecule has 10 heteroatoms. The zero-order valence-electron chi connectivity index (χ0n) is 16.7. The molecule has 1 aromatic carbocycles. The van der Waals surface area contributed by atoms with Crippen LogP contribution in [0.25, 0.3) is 0 Å². The molecule has 0 saturated carbocycles. The normalized spacial score (nSPS) is 23.5. The lowest BCUT2D eigenvalue weighted by Crippen LogP contribution is -2.40. The second kappa shape index (κ2) is 7.78. The maximum absolute atomic E-state index is 13.4. The van der Waals surface area contributed by atoms with Crippen LogP contribution in [0.1, 0.15) is 53.4 Å². The Kier molecular flexibility index (Phi) is 5.41. The number of carbonyl (C=O) groups excluding carboxylic acids is 1. The molecule has 3 atom stereocenters. The lowest BCUT2D eigenvalue weighted by atomic mass is 10.00. The number of alkyl halides is 3. The van der Waals surface area contributed by atoms with Gasteiger partial charge in [-0.05, 0) is 25.1 Å².